The summed E-state index contributed by atoms with van der Waals surface area (Å²) in [7, 11) is 1.87. The second kappa shape index (κ2) is 6.94. The lowest BCUT2D eigenvalue weighted by molar-refractivity contribution is -0.133. The van der Waals surface area contributed by atoms with Crippen LogP contribution in [0.3, 0.4) is 0 Å². The highest BCUT2D eigenvalue weighted by molar-refractivity contribution is 5.79. The molecule has 0 saturated heterocycles. The summed E-state index contributed by atoms with van der Waals surface area (Å²) in [5.41, 5.74) is 6.79. The number of likely N-dealkylation sites (N-methyl/N-ethyl adjacent to an activating group) is 1. The van der Waals surface area contributed by atoms with E-state index >= 15 is 0 Å². The molecule has 4 heteroatoms. The van der Waals surface area contributed by atoms with Gasteiger partial charge in [0.05, 0.1) is 13.0 Å². The summed E-state index contributed by atoms with van der Waals surface area (Å²) in [6.07, 6.45) is 2.28. The minimum atomic E-state index is 0.155. The molecular weight excluding hydrogens is 264 g/mol. The first-order valence-electron chi connectivity index (χ1n) is 7.68. The third-order valence-corrected chi connectivity index (χ3v) is 3.95. The monoisotopic (exact) mass is 290 g/mol. The highest BCUT2D eigenvalue weighted by Gasteiger charge is 2.31. The zero-order valence-corrected chi connectivity index (χ0v) is 13.2. The largest absolute Gasteiger partial charge is 0.493 e. The number of carbonyl (C=O) groups is 1. The Kier molecular flexibility index (Phi) is 5.23. The van der Waals surface area contributed by atoms with Crippen LogP contribution in [0.1, 0.15) is 32.3 Å². The molecule has 0 unspecified atom stereocenters. The Morgan fingerprint density at radius 2 is 1.95 bits per heavy atom. The zero-order valence-electron chi connectivity index (χ0n) is 13.2. The van der Waals surface area contributed by atoms with Crippen LogP contribution in [0.15, 0.2) is 24.3 Å². The first-order valence-corrected chi connectivity index (χ1v) is 7.68. The number of carbonyl (C=O) groups excluding carboxylic acids is 1. The van der Waals surface area contributed by atoms with Crippen molar-refractivity contribution in [3.63, 3.8) is 0 Å². The van der Waals surface area contributed by atoms with Gasteiger partial charge in [-0.2, -0.15) is 0 Å². The third-order valence-electron chi connectivity index (χ3n) is 3.95. The van der Waals surface area contributed by atoms with E-state index in [0.29, 0.717) is 25.0 Å². The zero-order chi connectivity index (χ0) is 15.4. The fraction of sp³-hybridized carbons (Fsp3) is 0.588. The summed E-state index contributed by atoms with van der Waals surface area (Å²) in [4.78, 5) is 14.0. The summed E-state index contributed by atoms with van der Waals surface area (Å²) in [5, 5.41) is 0. The third kappa shape index (κ3) is 4.46. The summed E-state index contributed by atoms with van der Waals surface area (Å²) >= 11 is 0. The molecule has 1 aromatic rings. The minimum absolute atomic E-state index is 0.155. The molecule has 1 aliphatic rings. The highest BCUT2D eigenvalue weighted by Crippen LogP contribution is 2.23. The molecule has 0 bridgehead atoms. The van der Waals surface area contributed by atoms with E-state index in [-0.39, 0.29) is 11.9 Å². The average Bonchev–Trinajstić information content (AvgIpc) is 2.42. The Labute approximate surface area is 127 Å². The van der Waals surface area contributed by atoms with Crippen LogP contribution in [0.4, 0.5) is 0 Å². The molecule has 0 atom stereocenters. The molecule has 4 nitrogen and oxygen atoms in total. The van der Waals surface area contributed by atoms with Gasteiger partial charge in [0.25, 0.3) is 0 Å². The Bertz CT molecular complexity index is 464. The average molecular weight is 290 g/mol. The van der Waals surface area contributed by atoms with Crippen LogP contribution in [-0.4, -0.2) is 36.5 Å². The second-order valence-corrected chi connectivity index (χ2v) is 6.42. The van der Waals surface area contributed by atoms with E-state index in [4.69, 9.17) is 10.5 Å². The van der Waals surface area contributed by atoms with Crippen molar-refractivity contribution in [2.75, 3.05) is 13.7 Å². The van der Waals surface area contributed by atoms with E-state index in [1.54, 1.807) is 0 Å². The quantitative estimate of drug-likeness (QED) is 0.874. The maximum atomic E-state index is 12.2. The molecule has 1 saturated carbocycles. The van der Waals surface area contributed by atoms with E-state index < -0.39 is 0 Å². The van der Waals surface area contributed by atoms with Crippen LogP contribution in [0.25, 0.3) is 0 Å². The lowest BCUT2D eigenvalue weighted by atomic mass is 9.86. The second-order valence-electron chi connectivity index (χ2n) is 6.42. The van der Waals surface area contributed by atoms with Gasteiger partial charge in [0, 0.05) is 19.1 Å². The van der Waals surface area contributed by atoms with Crippen molar-refractivity contribution in [1.82, 2.24) is 4.90 Å². The van der Waals surface area contributed by atoms with Crippen LogP contribution >= 0.6 is 0 Å². The summed E-state index contributed by atoms with van der Waals surface area (Å²) in [5.74, 6) is 1.52. The Morgan fingerprint density at radius 1 is 1.33 bits per heavy atom. The minimum Gasteiger partial charge on any atom is -0.493 e. The smallest absolute Gasteiger partial charge is 0.226 e. The predicted molar refractivity (Wildman–Crippen MR) is 84.2 cm³/mol. The van der Waals surface area contributed by atoms with Gasteiger partial charge in [-0.25, -0.2) is 0 Å². The summed E-state index contributed by atoms with van der Waals surface area (Å²) < 4.78 is 5.64. The van der Waals surface area contributed by atoms with Gasteiger partial charge in [-0.05, 0) is 36.5 Å². The van der Waals surface area contributed by atoms with Gasteiger partial charge in [0.15, 0.2) is 0 Å². The van der Waals surface area contributed by atoms with Gasteiger partial charge in [0.1, 0.15) is 5.75 Å². The Balaban J connectivity index is 1.83. The van der Waals surface area contributed by atoms with E-state index in [1.165, 1.54) is 0 Å². The van der Waals surface area contributed by atoms with Crippen molar-refractivity contribution in [3.05, 3.63) is 29.8 Å². The number of nitrogens with two attached hydrogens (primary N) is 1. The number of nitrogens with zero attached hydrogens (tertiary/aromatic N) is 1. The Morgan fingerprint density at radius 3 is 2.48 bits per heavy atom. The maximum Gasteiger partial charge on any atom is 0.226 e. The van der Waals surface area contributed by atoms with Gasteiger partial charge < -0.3 is 15.4 Å². The molecule has 116 valence electrons. The number of rotatable bonds is 6. The lowest BCUT2D eigenvalue weighted by Crippen LogP contribution is -2.51. The normalized spacial score (nSPS) is 21.0. The highest BCUT2D eigenvalue weighted by atomic mass is 16.5. The van der Waals surface area contributed by atoms with Crippen LogP contribution in [-0.2, 0) is 11.2 Å². The van der Waals surface area contributed by atoms with E-state index in [0.717, 1.165) is 24.2 Å². The van der Waals surface area contributed by atoms with Crippen LogP contribution in [0, 0.1) is 5.92 Å². The molecule has 0 aliphatic heterocycles. The predicted octanol–water partition coefficient (Wildman–Crippen LogP) is 2.21. The van der Waals surface area contributed by atoms with E-state index in [2.05, 4.69) is 13.8 Å². The van der Waals surface area contributed by atoms with Crippen molar-refractivity contribution in [3.8, 4) is 5.75 Å². The molecule has 2 rings (SSSR count). The van der Waals surface area contributed by atoms with Gasteiger partial charge >= 0.3 is 0 Å². The van der Waals surface area contributed by atoms with Crippen molar-refractivity contribution >= 4 is 5.91 Å². The summed E-state index contributed by atoms with van der Waals surface area (Å²) in [6.45, 7) is 4.95. The van der Waals surface area contributed by atoms with Crippen LogP contribution < -0.4 is 10.5 Å². The van der Waals surface area contributed by atoms with Crippen LogP contribution in [0.2, 0.25) is 0 Å². The molecule has 0 heterocycles. The van der Waals surface area contributed by atoms with Gasteiger partial charge in [-0.3, -0.25) is 4.79 Å². The fourth-order valence-electron chi connectivity index (χ4n) is 2.42. The molecule has 2 N–H and O–H groups in total. The van der Waals surface area contributed by atoms with Crippen molar-refractivity contribution in [2.24, 2.45) is 11.7 Å². The van der Waals surface area contributed by atoms with Crippen molar-refractivity contribution in [1.29, 1.82) is 0 Å². The molecule has 1 aliphatic carbocycles. The SMILES string of the molecule is CC(C)COc1ccc(CC(=O)N(C)C2CC(N)C2)cc1. The molecule has 21 heavy (non-hydrogen) atoms. The number of hydrogen-bond donors (Lipinski definition) is 1. The standard InChI is InChI=1S/C17H26N2O2/c1-12(2)11-21-16-6-4-13(5-7-16)8-17(20)19(3)15-9-14(18)10-15/h4-7,12,14-15H,8-11,18H2,1-3H3. The number of benzene rings is 1. The van der Waals surface area contributed by atoms with Crippen LogP contribution in [0.5, 0.6) is 5.75 Å². The van der Waals surface area contributed by atoms with Gasteiger partial charge in [0.2, 0.25) is 5.91 Å². The lowest BCUT2D eigenvalue weighted by Gasteiger charge is -2.39. The molecule has 1 amide bonds. The summed E-state index contributed by atoms with van der Waals surface area (Å²) in [6, 6.07) is 8.39. The first-order chi connectivity index (χ1) is 9.95. The van der Waals surface area contributed by atoms with Crippen molar-refractivity contribution < 1.29 is 9.53 Å². The topological polar surface area (TPSA) is 55.6 Å². The molecule has 0 radical (unpaired) electrons. The molecule has 1 aromatic carbocycles. The van der Waals surface area contributed by atoms with Gasteiger partial charge in [-0.15, -0.1) is 0 Å². The van der Waals surface area contributed by atoms with Crippen molar-refractivity contribution in [2.45, 2.75) is 45.2 Å². The molecular formula is C17H26N2O2. The van der Waals surface area contributed by atoms with E-state index in [1.807, 2.05) is 36.2 Å². The van der Waals surface area contributed by atoms with Gasteiger partial charge in [-0.1, -0.05) is 26.0 Å². The first kappa shape index (κ1) is 15.8. The fourth-order valence-corrected chi connectivity index (χ4v) is 2.42. The number of ether oxygens (including phenoxy) is 1. The molecule has 0 aromatic heterocycles. The number of hydrogen-bond acceptors (Lipinski definition) is 3. The maximum absolute atomic E-state index is 12.2. The van der Waals surface area contributed by atoms with E-state index in [9.17, 15) is 4.79 Å². The number of amides is 1. The Hall–Kier alpha value is -1.55. The molecule has 0 spiro atoms. The molecule has 1 fully saturated rings.